The molecule has 0 saturated carbocycles. The Labute approximate surface area is 182 Å². The molecule has 5 rings (SSSR count). The molecule has 1 aliphatic heterocycles. The average molecular weight is 430 g/mol. The van der Waals surface area contributed by atoms with Crippen LogP contribution in [0.5, 0.6) is 11.5 Å². The van der Waals surface area contributed by atoms with Gasteiger partial charge < -0.3 is 19.5 Å². The summed E-state index contributed by atoms with van der Waals surface area (Å²) < 4.78 is 17.5. The van der Waals surface area contributed by atoms with Gasteiger partial charge in [0.2, 0.25) is 0 Å². The first kappa shape index (κ1) is 19.6. The van der Waals surface area contributed by atoms with Crippen LogP contribution in [0, 0.1) is 0 Å². The van der Waals surface area contributed by atoms with Crippen molar-refractivity contribution in [2.45, 2.75) is 0 Å². The van der Waals surface area contributed by atoms with Crippen LogP contribution in [-0.2, 0) is 4.74 Å². The predicted molar refractivity (Wildman–Crippen MR) is 115 cm³/mol. The van der Waals surface area contributed by atoms with E-state index in [0.717, 1.165) is 11.3 Å². The van der Waals surface area contributed by atoms with Gasteiger partial charge in [0, 0.05) is 23.5 Å². The van der Waals surface area contributed by atoms with Crippen molar-refractivity contribution in [2.24, 2.45) is 0 Å². The Morgan fingerprint density at radius 1 is 1.00 bits per heavy atom. The van der Waals surface area contributed by atoms with E-state index in [1.165, 1.54) is 7.11 Å². The van der Waals surface area contributed by atoms with E-state index in [2.05, 4.69) is 20.1 Å². The zero-order valence-corrected chi connectivity index (χ0v) is 17.1. The zero-order chi connectivity index (χ0) is 22.1. The fourth-order valence-corrected chi connectivity index (χ4v) is 3.43. The first-order valence-electron chi connectivity index (χ1n) is 9.87. The van der Waals surface area contributed by atoms with E-state index in [1.807, 2.05) is 24.3 Å². The summed E-state index contributed by atoms with van der Waals surface area (Å²) in [4.78, 5) is 28.6. The van der Waals surface area contributed by atoms with Crippen LogP contribution in [0.1, 0.15) is 20.8 Å². The lowest BCUT2D eigenvalue weighted by molar-refractivity contribution is 0.0600. The lowest BCUT2D eigenvalue weighted by Crippen LogP contribution is -2.15. The zero-order valence-electron chi connectivity index (χ0n) is 17.1. The maximum Gasteiger partial charge on any atom is 0.337 e. The van der Waals surface area contributed by atoms with E-state index in [9.17, 15) is 9.59 Å². The molecule has 1 aliphatic rings. The number of fused-ring (bicyclic) bond motifs is 2. The van der Waals surface area contributed by atoms with Crippen molar-refractivity contribution in [2.75, 3.05) is 25.6 Å². The smallest absolute Gasteiger partial charge is 0.337 e. The van der Waals surface area contributed by atoms with Gasteiger partial charge in [-0.25, -0.2) is 14.3 Å². The summed E-state index contributed by atoms with van der Waals surface area (Å²) >= 11 is 0. The molecule has 0 aliphatic carbocycles. The monoisotopic (exact) mass is 430 g/mol. The molecule has 0 atom stereocenters. The van der Waals surface area contributed by atoms with Crippen molar-refractivity contribution >= 4 is 23.2 Å². The highest BCUT2D eigenvalue weighted by atomic mass is 16.6. The van der Waals surface area contributed by atoms with Crippen molar-refractivity contribution in [1.29, 1.82) is 0 Å². The van der Waals surface area contributed by atoms with Crippen LogP contribution in [0.4, 0.5) is 5.69 Å². The van der Waals surface area contributed by atoms with Crippen LogP contribution < -0.4 is 14.8 Å². The Bertz CT molecular complexity index is 1330. The third-order valence-electron chi connectivity index (χ3n) is 4.99. The number of nitrogens with one attached hydrogen (secondary N) is 1. The van der Waals surface area contributed by atoms with Crippen molar-refractivity contribution in [3.63, 3.8) is 0 Å². The Hall–Kier alpha value is -4.40. The average Bonchev–Trinajstić information content (AvgIpc) is 3.28. The summed E-state index contributed by atoms with van der Waals surface area (Å²) in [6.45, 7) is 1.02. The Kier molecular flexibility index (Phi) is 4.91. The van der Waals surface area contributed by atoms with Crippen LogP contribution in [0.25, 0.3) is 16.9 Å². The molecule has 0 saturated heterocycles. The molecule has 0 fully saturated rings. The van der Waals surface area contributed by atoms with Gasteiger partial charge >= 0.3 is 5.97 Å². The molecule has 9 nitrogen and oxygen atoms in total. The van der Waals surface area contributed by atoms with E-state index in [4.69, 9.17) is 9.47 Å². The van der Waals surface area contributed by atoms with E-state index in [1.54, 1.807) is 41.0 Å². The fourth-order valence-electron chi connectivity index (χ4n) is 3.43. The molecule has 0 spiro atoms. The summed E-state index contributed by atoms with van der Waals surface area (Å²) in [5, 5.41) is 7.22. The quantitative estimate of drug-likeness (QED) is 0.496. The summed E-state index contributed by atoms with van der Waals surface area (Å²) in [6, 6.07) is 15.5. The Morgan fingerprint density at radius 2 is 1.78 bits per heavy atom. The molecule has 32 heavy (non-hydrogen) atoms. The number of aromatic nitrogens is 3. The highest BCUT2D eigenvalue weighted by molar-refractivity contribution is 6.03. The standard InChI is InChI=1S/C23H18N4O5/c1-30-23(29)14-2-5-16(6-3-14)25-22(28)17-13-21-24-9-8-18(27(21)26-17)15-4-7-19-20(12-15)32-11-10-31-19/h2-9,12-13H,10-11H2,1H3,(H,25,28). The maximum atomic E-state index is 12.8. The predicted octanol–water partition coefficient (Wildman–Crippen LogP) is 3.21. The summed E-state index contributed by atoms with van der Waals surface area (Å²) in [7, 11) is 1.31. The highest BCUT2D eigenvalue weighted by Crippen LogP contribution is 2.34. The van der Waals surface area contributed by atoms with Gasteiger partial charge in [-0.1, -0.05) is 0 Å². The highest BCUT2D eigenvalue weighted by Gasteiger charge is 2.17. The minimum atomic E-state index is -0.444. The summed E-state index contributed by atoms with van der Waals surface area (Å²) in [5.41, 5.74) is 3.28. The number of benzene rings is 2. The second kappa shape index (κ2) is 8.03. The second-order valence-electron chi connectivity index (χ2n) is 7.01. The van der Waals surface area contributed by atoms with Gasteiger partial charge in [0.15, 0.2) is 22.8 Å². The first-order valence-corrected chi connectivity index (χ1v) is 9.87. The molecule has 2 aromatic carbocycles. The number of amides is 1. The van der Waals surface area contributed by atoms with Crippen LogP contribution >= 0.6 is 0 Å². The SMILES string of the molecule is COC(=O)c1ccc(NC(=O)c2cc3nccc(-c4ccc5c(c4)OCCO5)n3n2)cc1. The molecular formula is C23H18N4O5. The van der Waals surface area contributed by atoms with Crippen molar-refractivity contribution < 1.29 is 23.8 Å². The van der Waals surface area contributed by atoms with Crippen molar-refractivity contribution in [3.8, 4) is 22.8 Å². The number of anilines is 1. The normalized spacial score (nSPS) is 12.4. The van der Waals surface area contributed by atoms with Crippen molar-refractivity contribution in [3.05, 3.63) is 72.1 Å². The number of carbonyl (C=O) groups is 2. The van der Waals surface area contributed by atoms with Crippen LogP contribution in [0.2, 0.25) is 0 Å². The topological polar surface area (TPSA) is 104 Å². The fraction of sp³-hybridized carbons (Fsp3) is 0.130. The van der Waals surface area contributed by atoms with Gasteiger partial charge in [-0.15, -0.1) is 0 Å². The number of methoxy groups -OCH3 is 1. The van der Waals surface area contributed by atoms with Crippen LogP contribution in [-0.4, -0.2) is 46.8 Å². The third-order valence-corrected chi connectivity index (χ3v) is 4.99. The van der Waals surface area contributed by atoms with Gasteiger partial charge in [0.05, 0.1) is 18.4 Å². The number of hydrogen-bond acceptors (Lipinski definition) is 7. The van der Waals surface area contributed by atoms with Crippen molar-refractivity contribution in [1.82, 2.24) is 14.6 Å². The molecule has 1 N–H and O–H groups in total. The molecule has 160 valence electrons. The molecule has 0 unspecified atom stereocenters. The van der Waals surface area contributed by atoms with Gasteiger partial charge in [0.1, 0.15) is 13.2 Å². The molecule has 4 aromatic rings. The lowest BCUT2D eigenvalue weighted by Gasteiger charge is -2.19. The number of nitrogens with zero attached hydrogens (tertiary/aromatic N) is 3. The molecule has 0 radical (unpaired) electrons. The molecule has 1 amide bonds. The minimum absolute atomic E-state index is 0.208. The molecular weight excluding hydrogens is 412 g/mol. The van der Waals surface area contributed by atoms with E-state index in [0.29, 0.717) is 41.6 Å². The van der Waals surface area contributed by atoms with Gasteiger partial charge in [0.25, 0.3) is 5.91 Å². The Morgan fingerprint density at radius 3 is 2.56 bits per heavy atom. The van der Waals surface area contributed by atoms with E-state index in [-0.39, 0.29) is 5.69 Å². The minimum Gasteiger partial charge on any atom is -0.486 e. The lowest BCUT2D eigenvalue weighted by atomic mass is 10.1. The summed E-state index contributed by atoms with van der Waals surface area (Å²) in [5.74, 6) is 0.527. The van der Waals surface area contributed by atoms with Crippen LogP contribution in [0.15, 0.2) is 60.8 Å². The largest absolute Gasteiger partial charge is 0.486 e. The number of carbonyl (C=O) groups excluding carboxylic acids is 2. The van der Waals surface area contributed by atoms with Gasteiger partial charge in [-0.05, 0) is 48.5 Å². The number of esters is 1. The van der Waals surface area contributed by atoms with Gasteiger partial charge in [-0.3, -0.25) is 4.79 Å². The second-order valence-corrected chi connectivity index (χ2v) is 7.01. The van der Waals surface area contributed by atoms with E-state index >= 15 is 0 Å². The number of hydrogen-bond donors (Lipinski definition) is 1. The molecule has 3 heterocycles. The number of ether oxygens (including phenoxy) is 3. The molecule has 0 bridgehead atoms. The third kappa shape index (κ3) is 3.60. The van der Waals surface area contributed by atoms with Gasteiger partial charge in [-0.2, -0.15) is 5.10 Å². The Balaban J connectivity index is 1.43. The maximum absolute atomic E-state index is 12.8. The molecule has 9 heteroatoms. The first-order chi connectivity index (χ1) is 15.6. The summed E-state index contributed by atoms with van der Waals surface area (Å²) in [6.07, 6.45) is 1.66. The van der Waals surface area contributed by atoms with E-state index < -0.39 is 11.9 Å². The molecule has 2 aromatic heterocycles. The number of rotatable bonds is 4. The van der Waals surface area contributed by atoms with Crippen LogP contribution in [0.3, 0.4) is 0 Å².